The van der Waals surface area contributed by atoms with E-state index in [-0.39, 0.29) is 5.91 Å². The highest BCUT2D eigenvalue weighted by Crippen LogP contribution is 2.10. The van der Waals surface area contributed by atoms with Crippen molar-refractivity contribution in [2.45, 2.75) is 0 Å². The lowest BCUT2D eigenvalue weighted by Gasteiger charge is -2.01. The molecule has 0 bridgehead atoms. The van der Waals surface area contributed by atoms with Gasteiger partial charge < -0.3 is 0 Å². The SMILES string of the molecule is O=C(N[n+]1ccc2ccccc2c1)c1ccc(Cl)cc1. The van der Waals surface area contributed by atoms with E-state index in [1.807, 2.05) is 42.7 Å². The van der Waals surface area contributed by atoms with E-state index in [9.17, 15) is 4.79 Å². The number of fused-ring (bicyclic) bond motifs is 1. The molecule has 1 heterocycles. The van der Waals surface area contributed by atoms with E-state index < -0.39 is 0 Å². The van der Waals surface area contributed by atoms with Crippen molar-refractivity contribution in [1.82, 2.24) is 0 Å². The van der Waals surface area contributed by atoms with Crippen LogP contribution < -0.4 is 10.1 Å². The van der Waals surface area contributed by atoms with Gasteiger partial charge in [0.15, 0.2) is 0 Å². The van der Waals surface area contributed by atoms with Crippen molar-refractivity contribution < 1.29 is 9.47 Å². The zero-order chi connectivity index (χ0) is 13.9. The number of amides is 1. The van der Waals surface area contributed by atoms with Gasteiger partial charge in [-0.2, -0.15) is 0 Å². The van der Waals surface area contributed by atoms with Crippen molar-refractivity contribution in [2.75, 3.05) is 5.43 Å². The van der Waals surface area contributed by atoms with E-state index in [1.165, 1.54) is 0 Å². The van der Waals surface area contributed by atoms with Crippen molar-refractivity contribution in [3.05, 3.63) is 77.6 Å². The molecular formula is C16H12ClN2O+. The van der Waals surface area contributed by atoms with Crippen molar-refractivity contribution in [3.63, 3.8) is 0 Å². The number of hydrogen-bond donors (Lipinski definition) is 1. The van der Waals surface area contributed by atoms with Gasteiger partial charge in [-0.15, -0.1) is 5.43 Å². The molecule has 0 spiro atoms. The minimum atomic E-state index is -0.179. The summed E-state index contributed by atoms with van der Waals surface area (Å²) < 4.78 is 1.65. The normalized spacial score (nSPS) is 10.4. The van der Waals surface area contributed by atoms with Crippen LogP contribution in [0.5, 0.6) is 0 Å². The molecule has 0 atom stereocenters. The molecule has 3 aromatic rings. The molecule has 4 heteroatoms. The highest BCUT2D eigenvalue weighted by molar-refractivity contribution is 6.30. The number of pyridine rings is 1. The molecular weight excluding hydrogens is 272 g/mol. The number of aromatic nitrogens is 1. The van der Waals surface area contributed by atoms with Crippen molar-refractivity contribution >= 4 is 28.3 Å². The summed E-state index contributed by atoms with van der Waals surface area (Å²) >= 11 is 5.80. The number of carbonyl (C=O) groups excluding carboxylic acids is 1. The Morgan fingerprint density at radius 2 is 1.65 bits per heavy atom. The van der Waals surface area contributed by atoms with Crippen molar-refractivity contribution in [2.24, 2.45) is 0 Å². The standard InChI is InChI=1S/C16H11ClN2O/c17-15-7-5-13(6-8-15)16(20)18-19-10-9-12-3-1-2-4-14(12)11-19/h1-11H/p+1. The molecule has 0 saturated carbocycles. The molecule has 1 N–H and O–H groups in total. The van der Waals surface area contributed by atoms with Crippen molar-refractivity contribution in [1.29, 1.82) is 0 Å². The largest absolute Gasteiger partial charge is 0.305 e. The smallest absolute Gasteiger partial charge is 0.264 e. The molecule has 20 heavy (non-hydrogen) atoms. The fraction of sp³-hybridized carbons (Fsp3) is 0. The van der Waals surface area contributed by atoms with Crippen LogP contribution in [0.2, 0.25) is 5.02 Å². The summed E-state index contributed by atoms with van der Waals surface area (Å²) in [7, 11) is 0. The van der Waals surface area contributed by atoms with Crippen LogP contribution in [-0.2, 0) is 0 Å². The molecule has 1 amide bonds. The number of nitrogens with zero attached hydrogens (tertiary/aromatic N) is 1. The summed E-state index contributed by atoms with van der Waals surface area (Å²) in [6.07, 6.45) is 3.69. The number of nitrogens with one attached hydrogen (secondary N) is 1. The van der Waals surface area contributed by atoms with Crippen LogP contribution in [0, 0.1) is 0 Å². The molecule has 3 rings (SSSR count). The van der Waals surface area contributed by atoms with E-state index >= 15 is 0 Å². The average Bonchev–Trinajstić information content (AvgIpc) is 2.48. The molecule has 3 nitrogen and oxygen atoms in total. The van der Waals surface area contributed by atoms with E-state index in [0.29, 0.717) is 10.6 Å². The first-order valence-electron chi connectivity index (χ1n) is 6.19. The molecule has 0 saturated heterocycles. The zero-order valence-corrected chi connectivity index (χ0v) is 11.3. The molecule has 0 aliphatic rings. The number of hydrogen-bond acceptors (Lipinski definition) is 1. The number of carbonyl (C=O) groups is 1. The lowest BCUT2D eigenvalue weighted by Crippen LogP contribution is -2.47. The van der Waals surface area contributed by atoms with Crippen molar-refractivity contribution in [3.8, 4) is 0 Å². The molecule has 98 valence electrons. The molecule has 0 aliphatic carbocycles. The molecule has 2 aromatic carbocycles. The maximum Gasteiger partial charge on any atom is 0.305 e. The van der Waals surface area contributed by atoms with Crippen LogP contribution in [0.25, 0.3) is 10.8 Å². The second kappa shape index (κ2) is 5.31. The van der Waals surface area contributed by atoms with E-state index in [2.05, 4.69) is 5.43 Å². The van der Waals surface area contributed by atoms with Gasteiger partial charge in [0.25, 0.3) is 0 Å². The predicted octanol–water partition coefficient (Wildman–Crippen LogP) is 3.16. The molecule has 0 aliphatic heterocycles. The van der Waals surface area contributed by atoms with Gasteiger partial charge in [-0.1, -0.05) is 34.5 Å². The maximum atomic E-state index is 12.1. The summed E-state index contributed by atoms with van der Waals surface area (Å²) in [6.45, 7) is 0. The van der Waals surface area contributed by atoms with Crippen LogP contribution >= 0.6 is 11.6 Å². The van der Waals surface area contributed by atoms with Gasteiger partial charge >= 0.3 is 5.91 Å². The highest BCUT2D eigenvalue weighted by atomic mass is 35.5. The monoisotopic (exact) mass is 283 g/mol. The van der Waals surface area contributed by atoms with Gasteiger partial charge in [0.05, 0.1) is 0 Å². The zero-order valence-electron chi connectivity index (χ0n) is 10.6. The van der Waals surface area contributed by atoms with Gasteiger partial charge in [-0.05, 0) is 35.7 Å². The molecule has 0 unspecified atom stereocenters. The Labute approximate surface area is 121 Å². The number of benzene rings is 2. The Hall–Kier alpha value is -2.39. The van der Waals surface area contributed by atoms with E-state index in [0.717, 1.165) is 10.8 Å². The van der Waals surface area contributed by atoms with Gasteiger partial charge in [-0.3, -0.25) is 4.79 Å². The fourth-order valence-electron chi connectivity index (χ4n) is 1.99. The van der Waals surface area contributed by atoms with Crippen LogP contribution in [0.4, 0.5) is 0 Å². The third kappa shape index (κ3) is 2.63. The Morgan fingerprint density at radius 3 is 2.40 bits per heavy atom. The van der Waals surface area contributed by atoms with E-state index in [1.54, 1.807) is 28.9 Å². The molecule has 0 radical (unpaired) electrons. The molecule has 0 fully saturated rings. The topological polar surface area (TPSA) is 33.0 Å². The minimum Gasteiger partial charge on any atom is -0.264 e. The Kier molecular flexibility index (Phi) is 3.35. The summed E-state index contributed by atoms with van der Waals surface area (Å²) in [4.78, 5) is 12.1. The number of halogens is 1. The second-order valence-electron chi connectivity index (χ2n) is 4.43. The summed E-state index contributed by atoms with van der Waals surface area (Å²) in [5.41, 5.74) is 3.37. The Balaban J connectivity index is 1.85. The molecule has 1 aromatic heterocycles. The van der Waals surface area contributed by atoms with Gasteiger partial charge in [-0.25, -0.2) is 0 Å². The van der Waals surface area contributed by atoms with Crippen LogP contribution in [0.1, 0.15) is 10.4 Å². The Morgan fingerprint density at radius 1 is 0.950 bits per heavy atom. The highest BCUT2D eigenvalue weighted by Gasteiger charge is 2.10. The first-order chi connectivity index (χ1) is 9.72. The minimum absolute atomic E-state index is 0.179. The summed E-state index contributed by atoms with van der Waals surface area (Å²) in [6, 6.07) is 16.7. The third-order valence-electron chi connectivity index (χ3n) is 3.03. The number of rotatable bonds is 2. The third-order valence-corrected chi connectivity index (χ3v) is 3.28. The van der Waals surface area contributed by atoms with Crippen LogP contribution in [-0.4, -0.2) is 5.91 Å². The van der Waals surface area contributed by atoms with Gasteiger partial charge in [0.1, 0.15) is 0 Å². The summed E-state index contributed by atoms with van der Waals surface area (Å²) in [5, 5.41) is 2.80. The second-order valence-corrected chi connectivity index (χ2v) is 4.87. The van der Waals surface area contributed by atoms with Crippen LogP contribution in [0.3, 0.4) is 0 Å². The van der Waals surface area contributed by atoms with E-state index in [4.69, 9.17) is 11.6 Å². The summed E-state index contributed by atoms with van der Waals surface area (Å²) in [5.74, 6) is -0.179. The first kappa shape index (κ1) is 12.6. The Bertz CT molecular complexity index is 769. The predicted molar refractivity (Wildman–Crippen MR) is 79.3 cm³/mol. The average molecular weight is 284 g/mol. The quantitative estimate of drug-likeness (QED) is 0.720. The van der Waals surface area contributed by atoms with Crippen LogP contribution in [0.15, 0.2) is 67.0 Å². The first-order valence-corrected chi connectivity index (χ1v) is 6.57. The maximum absolute atomic E-state index is 12.1. The lowest BCUT2D eigenvalue weighted by molar-refractivity contribution is -0.639. The van der Waals surface area contributed by atoms with Gasteiger partial charge in [0, 0.05) is 22.0 Å². The fourth-order valence-corrected chi connectivity index (χ4v) is 2.11. The van der Waals surface area contributed by atoms with Gasteiger partial charge in [0.2, 0.25) is 12.4 Å². The lowest BCUT2D eigenvalue weighted by atomic mass is 10.2.